The van der Waals surface area contributed by atoms with Crippen molar-refractivity contribution in [2.45, 2.75) is 347 Å². The Morgan fingerprint density at radius 1 is 0.468 bits per heavy atom. The Balaban J connectivity index is -0.000000387. The van der Waals surface area contributed by atoms with Crippen molar-refractivity contribution in [1.82, 2.24) is 67.2 Å². The lowest BCUT2D eigenvalue weighted by atomic mass is 9.94. The van der Waals surface area contributed by atoms with Crippen LogP contribution in [0.2, 0.25) is 2.82 Å². The van der Waals surface area contributed by atoms with E-state index in [1.807, 2.05) is 247 Å². The van der Waals surface area contributed by atoms with Crippen molar-refractivity contribution in [1.29, 1.82) is 0 Å². The maximum Gasteiger partial charge on any atom is 0.269 e. The summed E-state index contributed by atoms with van der Waals surface area (Å²) in [6, 6.07) is 11.2. The molecule has 0 radical (unpaired) electrons. The standard InChI is InChI=1S/2C14H24O3S.C13H23NO3S.C12H20N2O2.4C10H20N2O.C7H13NO.C6H13NO3/c2*1-5-18(15,16)11-7-6-8-12-9-10-13(17-12)14(2,3)4;1-5-18(15,16)9-8-14-10-11-6-7-12(17-11)13(2,3)4;1-5-10(15)14-8-6-7-9(14)11(16)13-12(2,3)4;4*1-10(2,3)11-9(13)7-6-8-12(4)5;1-5-6(9)8-7(2,3)4;1-6(2,3)10-4-5(8)7-9/h2*9-10H,5-8,11H2,1-4H3;6-7,14H,5,8-10H2,1-4H3;5,9H,1,6-8H2,2-4H3,(H,13,16);4*6-7H,8H2,1-5H3,(H,11,13);5H,1H2,2-4H3,(H,8,9);9H,4H2,1-3H3,(H,7,8)/b;;;;4*7-6+;;/i7D2;;;;8D2;4D3;;;;/hD2. The number of aryl methyl sites for hydroxylation is 2. The number of carbonyl (C=O) groups is 8. The van der Waals surface area contributed by atoms with Crippen LogP contribution in [0.1, 0.15) is 311 Å². The molecular weight excluding hydrogens is 1860 g/mol. The molecule has 0 aliphatic carbocycles. The van der Waals surface area contributed by atoms with Crippen LogP contribution in [0, 0.1) is 0 Å². The number of hydrogen-bond donors (Lipinski definition) is 9. The Bertz CT molecular complexity index is 4960. The van der Waals surface area contributed by atoms with Gasteiger partial charge in [0, 0.05) is 153 Å². The van der Waals surface area contributed by atoms with Crippen LogP contribution in [0.3, 0.4) is 0 Å². The Hall–Kier alpha value is -8.39. The van der Waals surface area contributed by atoms with Crippen LogP contribution in [-0.2, 0) is 108 Å². The molecule has 3 aromatic rings. The van der Waals surface area contributed by atoms with Gasteiger partial charge in [0.25, 0.3) is 5.91 Å². The predicted octanol–water partition coefficient (Wildman–Crippen LogP) is 15.3. The smallest absolute Gasteiger partial charge is 0.269 e. The second-order valence-electron chi connectivity index (χ2n) is 44.3. The Morgan fingerprint density at radius 2 is 0.830 bits per heavy atom. The summed E-state index contributed by atoms with van der Waals surface area (Å²) >= 11 is 0. The molecule has 0 aromatic carbocycles. The molecule has 8 amide bonds. The van der Waals surface area contributed by atoms with Crippen molar-refractivity contribution in [3.8, 4) is 0 Å². The lowest BCUT2D eigenvalue weighted by molar-refractivity contribution is -0.138. The highest BCUT2D eigenvalue weighted by Crippen LogP contribution is 2.28. The monoisotopic (exact) mass is 2060 g/mol. The number of carbonyl (C=O) groups excluding carboxylic acids is 8. The summed E-state index contributed by atoms with van der Waals surface area (Å²) in [6.07, 6.45) is 17.3. The lowest BCUT2D eigenvalue weighted by Gasteiger charge is -2.27. The fourth-order valence-corrected chi connectivity index (χ4v) is 12.4. The van der Waals surface area contributed by atoms with Gasteiger partial charge in [-0.1, -0.05) is 121 Å². The van der Waals surface area contributed by atoms with Gasteiger partial charge in [0.15, 0.2) is 11.2 Å². The molecule has 1 aliphatic heterocycles. The highest BCUT2D eigenvalue weighted by molar-refractivity contribution is 7.91. The van der Waals surface area contributed by atoms with Gasteiger partial charge in [-0.3, -0.25) is 43.6 Å². The minimum Gasteiger partial charge on any atom is -0.466 e. The van der Waals surface area contributed by atoms with Crippen molar-refractivity contribution in [3.05, 3.63) is 145 Å². The summed E-state index contributed by atoms with van der Waals surface area (Å²) in [5, 5.41) is 24.2. The number of ether oxygens (including phenoxy) is 1. The second-order valence-corrected chi connectivity index (χ2v) is 51.6. The summed E-state index contributed by atoms with van der Waals surface area (Å²) in [5.74, 6) is 3.57. The van der Waals surface area contributed by atoms with Crippen molar-refractivity contribution >= 4 is 76.8 Å². The number of nitrogens with zero attached hydrogens (tertiary/aromatic N) is 5. The van der Waals surface area contributed by atoms with E-state index in [0.717, 1.165) is 60.6 Å². The Labute approximate surface area is 867 Å². The van der Waals surface area contributed by atoms with E-state index in [1.165, 1.54) is 77.1 Å². The molecule has 1 saturated heterocycles. The van der Waals surface area contributed by atoms with E-state index in [1.54, 1.807) is 45.0 Å². The van der Waals surface area contributed by atoms with E-state index < -0.39 is 66.6 Å². The van der Waals surface area contributed by atoms with Gasteiger partial charge in [-0.15, -0.1) is 0 Å². The average molecular weight is 2060 g/mol. The summed E-state index contributed by atoms with van der Waals surface area (Å²) in [6.45, 7) is 69.0. The van der Waals surface area contributed by atoms with Crippen molar-refractivity contribution < 1.29 is 99.2 Å². The molecule has 32 nitrogen and oxygen atoms in total. The lowest BCUT2D eigenvalue weighted by Crippen LogP contribution is -2.51. The molecule has 1 fully saturated rings. The normalized spacial score (nSPS) is 14.6. The highest BCUT2D eigenvalue weighted by Gasteiger charge is 2.35. The first kappa shape index (κ1) is 125. The van der Waals surface area contributed by atoms with Crippen LogP contribution in [-0.4, -0.2) is 284 Å². The van der Waals surface area contributed by atoms with E-state index in [9.17, 15) is 63.6 Å². The number of furan rings is 3. The molecule has 1 atom stereocenters. The van der Waals surface area contributed by atoms with E-state index in [-0.39, 0.29) is 152 Å². The second kappa shape index (κ2) is 69.6. The molecule has 0 bridgehead atoms. The summed E-state index contributed by atoms with van der Waals surface area (Å²) in [4.78, 5) is 97.9. The molecule has 141 heavy (non-hydrogen) atoms. The van der Waals surface area contributed by atoms with Crippen LogP contribution in [0.15, 0.2) is 124 Å². The minimum atomic E-state index is -3.31. The van der Waals surface area contributed by atoms with E-state index >= 15 is 0 Å². The molecule has 1 unspecified atom stereocenters. The zero-order chi connectivity index (χ0) is 119. The quantitative estimate of drug-likeness (QED) is 0.0114. The zero-order valence-electron chi connectivity index (χ0n) is 103. The third-order valence-corrected chi connectivity index (χ3v) is 21.9. The van der Waals surface area contributed by atoms with Gasteiger partial charge in [0.1, 0.15) is 68.3 Å². The zero-order valence-corrected chi connectivity index (χ0v) is 96.5. The fourth-order valence-electron chi connectivity index (χ4n) is 10.1. The first-order valence-electron chi connectivity index (χ1n) is 52.2. The number of hydrogen-bond acceptors (Lipinski definition) is 24. The third kappa shape index (κ3) is 93.7. The van der Waals surface area contributed by atoms with Gasteiger partial charge in [0.05, 0.1) is 29.4 Å². The van der Waals surface area contributed by atoms with E-state index in [2.05, 4.69) is 81.3 Å². The van der Waals surface area contributed by atoms with Crippen LogP contribution < -0.4 is 42.7 Å². The van der Waals surface area contributed by atoms with Crippen molar-refractivity contribution in [3.63, 3.8) is 0 Å². The minimum absolute atomic E-state index is 0.0137. The molecule has 4 heterocycles. The third-order valence-electron chi connectivity index (χ3n) is 16.9. The van der Waals surface area contributed by atoms with E-state index in [4.69, 9.17) is 35.6 Å². The number of unbranched alkanes of at least 4 members (excludes halogenated alkanes) is 1. The summed E-state index contributed by atoms with van der Waals surface area (Å²) in [5.41, 5.74) is -0.562. The van der Waals surface area contributed by atoms with Crippen molar-refractivity contribution in [2.75, 3.05) is 137 Å². The summed E-state index contributed by atoms with van der Waals surface area (Å²) < 4.78 is 158. The van der Waals surface area contributed by atoms with Gasteiger partial charge in [-0.2, -0.15) is 0 Å². The number of sulfone groups is 3. The van der Waals surface area contributed by atoms with Gasteiger partial charge < -0.3 is 79.7 Å². The van der Waals surface area contributed by atoms with Crippen molar-refractivity contribution in [2.24, 2.45) is 0 Å². The van der Waals surface area contributed by atoms with Crippen LogP contribution >= 0.6 is 0 Å². The maximum absolute atomic E-state index is 12.0. The first-order valence-corrected chi connectivity index (χ1v) is 53.2. The van der Waals surface area contributed by atoms with Crippen LogP contribution in [0.4, 0.5) is 0 Å². The molecule has 35 heteroatoms. The Kier molecular flexibility index (Phi) is 61.6. The molecule has 3 aromatic heterocycles. The first-order chi connectivity index (χ1) is 67.2. The predicted molar refractivity (Wildman–Crippen MR) is 582 cm³/mol. The molecule has 0 saturated carbocycles. The number of likely N-dealkylation sites (tertiary alicyclic amines) is 1. The van der Waals surface area contributed by atoms with Gasteiger partial charge in [0.2, 0.25) is 41.4 Å². The molecule has 0 spiro atoms. The van der Waals surface area contributed by atoms with Gasteiger partial charge in [-0.05, 0) is 289 Å². The number of nitrogens with one attached hydrogen (secondary N) is 8. The maximum atomic E-state index is 12.0. The largest absolute Gasteiger partial charge is 0.466 e. The number of amides is 8. The summed E-state index contributed by atoms with van der Waals surface area (Å²) in [7, 11) is 3.36. The molecular formula is C106H197N13O19S3. The Morgan fingerprint density at radius 3 is 1.16 bits per heavy atom. The molecule has 9 N–H and O–H groups in total. The molecule has 818 valence electrons. The SMILES string of the molecule is C=CC(=O)N1CCCC1C(=O)NC(C)(C)C.C=CC(=O)NC(C)(C)C.CC(C)(C)OCC(=O)NO.CCS(=O)(=O)CCCCc1ccc(C(C)(C)C)o1.CN(C)C/C=C/C(=O)NC(C)(C)C.[2H]C([2H])(/C=C/C(=O)NC(C)(C)C)N(C)C.[2H]C([2H])(CCc1ccc(C(C)(C)C)o1)CS(=O)(=O)CC.[2H]C([2H])([2H])N(C)C/C=C/C(=O)NC(C)(C)C.[2H]N(C(=O)/C=C/CN(C)C)C(C)(C)C.[2H]N(CCS(=O)(=O)CC)Cc1ccc(C(C)(C)C)o1. The molecule has 4 rings (SSSR count). The van der Waals surface area contributed by atoms with E-state index in [0.29, 0.717) is 44.0 Å². The average Bonchev–Trinajstić information content (AvgIpc) is 1.75. The highest BCUT2D eigenvalue weighted by atomic mass is 32.2. The fraction of sp³-hybridized carbons (Fsp3) is 0.698. The van der Waals surface area contributed by atoms with Crippen LogP contribution in [0.25, 0.3) is 0 Å². The van der Waals surface area contributed by atoms with Gasteiger partial charge >= 0.3 is 0 Å². The number of rotatable bonds is 35. The van der Waals surface area contributed by atoms with Crippen LogP contribution in [0.5, 0.6) is 0 Å². The number of likely N-dealkylation sites (N-methyl/N-ethyl adjacent to an activating group) is 4. The molecule has 1 aliphatic rings. The number of hydroxylamine groups is 1. The van der Waals surface area contributed by atoms with Gasteiger partial charge in [-0.25, -0.2) is 30.7 Å². The topological polar surface area (TPSA) is 420 Å².